The molecule has 1 rings (SSSR count). The Morgan fingerprint density at radius 3 is 2.44 bits per heavy atom. The molecule has 0 fully saturated rings. The van der Waals surface area contributed by atoms with E-state index < -0.39 is 0 Å². The van der Waals surface area contributed by atoms with Crippen molar-refractivity contribution in [3.63, 3.8) is 0 Å². The molecule has 1 aromatic carbocycles. The minimum absolute atomic E-state index is 0.244. The molecule has 0 aromatic heterocycles. The molecule has 0 heterocycles. The third kappa shape index (κ3) is 4.36. The van der Waals surface area contributed by atoms with Crippen LogP contribution in [0.1, 0.15) is 45.7 Å². The fourth-order valence-electron chi connectivity index (χ4n) is 1.65. The van der Waals surface area contributed by atoms with Crippen LogP contribution in [0.3, 0.4) is 0 Å². The molecule has 90 valence electrons. The molecule has 0 saturated carbocycles. The SMILES string of the molecule is CC(C)CNCc1cccc(C(C)(C)C)c1. The van der Waals surface area contributed by atoms with Crippen LogP contribution in [0.4, 0.5) is 0 Å². The van der Waals surface area contributed by atoms with E-state index in [-0.39, 0.29) is 5.41 Å². The van der Waals surface area contributed by atoms with Gasteiger partial charge in [0.15, 0.2) is 0 Å². The van der Waals surface area contributed by atoms with Crippen LogP contribution < -0.4 is 5.32 Å². The van der Waals surface area contributed by atoms with E-state index in [0.29, 0.717) is 5.92 Å². The molecule has 0 radical (unpaired) electrons. The van der Waals surface area contributed by atoms with Gasteiger partial charge in [-0.3, -0.25) is 0 Å². The first-order valence-corrected chi connectivity index (χ1v) is 6.19. The third-order valence-electron chi connectivity index (χ3n) is 2.67. The van der Waals surface area contributed by atoms with Gasteiger partial charge >= 0.3 is 0 Å². The molecule has 0 unspecified atom stereocenters. The van der Waals surface area contributed by atoms with Crippen LogP contribution in [0.25, 0.3) is 0 Å². The lowest BCUT2D eigenvalue weighted by Gasteiger charge is -2.20. The van der Waals surface area contributed by atoms with Crippen LogP contribution in [0.15, 0.2) is 24.3 Å². The highest BCUT2D eigenvalue weighted by Crippen LogP contribution is 2.22. The number of hydrogen-bond acceptors (Lipinski definition) is 1. The average molecular weight is 219 g/mol. The maximum atomic E-state index is 3.48. The summed E-state index contributed by atoms with van der Waals surface area (Å²) in [6.07, 6.45) is 0. The highest BCUT2D eigenvalue weighted by molar-refractivity contribution is 5.28. The number of hydrogen-bond donors (Lipinski definition) is 1. The van der Waals surface area contributed by atoms with Crippen molar-refractivity contribution in [1.29, 1.82) is 0 Å². The Labute approximate surface area is 100 Å². The first kappa shape index (κ1) is 13.2. The summed E-state index contributed by atoms with van der Waals surface area (Å²) in [5.41, 5.74) is 3.04. The summed E-state index contributed by atoms with van der Waals surface area (Å²) in [5, 5.41) is 3.48. The van der Waals surface area contributed by atoms with Gasteiger partial charge in [0.1, 0.15) is 0 Å². The minimum Gasteiger partial charge on any atom is -0.312 e. The molecule has 0 saturated heterocycles. The smallest absolute Gasteiger partial charge is 0.0205 e. The van der Waals surface area contributed by atoms with E-state index in [2.05, 4.69) is 64.2 Å². The van der Waals surface area contributed by atoms with Gasteiger partial charge in [-0.05, 0) is 29.0 Å². The van der Waals surface area contributed by atoms with E-state index >= 15 is 0 Å². The maximum absolute atomic E-state index is 3.48. The van der Waals surface area contributed by atoms with Crippen molar-refractivity contribution in [2.75, 3.05) is 6.54 Å². The van der Waals surface area contributed by atoms with Crippen molar-refractivity contribution < 1.29 is 0 Å². The van der Waals surface area contributed by atoms with E-state index in [1.807, 2.05) is 0 Å². The summed E-state index contributed by atoms with van der Waals surface area (Å²) in [5.74, 6) is 0.714. The summed E-state index contributed by atoms with van der Waals surface area (Å²) in [6, 6.07) is 8.88. The van der Waals surface area contributed by atoms with Gasteiger partial charge in [-0.1, -0.05) is 58.9 Å². The van der Waals surface area contributed by atoms with Crippen molar-refractivity contribution in [2.45, 2.75) is 46.6 Å². The molecule has 0 spiro atoms. The van der Waals surface area contributed by atoms with E-state index in [1.54, 1.807) is 0 Å². The van der Waals surface area contributed by atoms with Gasteiger partial charge in [0.2, 0.25) is 0 Å². The lowest BCUT2D eigenvalue weighted by atomic mass is 9.86. The van der Waals surface area contributed by atoms with Gasteiger partial charge in [-0.2, -0.15) is 0 Å². The van der Waals surface area contributed by atoms with E-state index in [1.165, 1.54) is 11.1 Å². The molecular weight excluding hydrogens is 194 g/mol. The van der Waals surface area contributed by atoms with Gasteiger partial charge in [0.25, 0.3) is 0 Å². The first-order chi connectivity index (χ1) is 7.39. The second-order valence-corrected chi connectivity index (χ2v) is 5.98. The van der Waals surface area contributed by atoms with Gasteiger partial charge in [-0.25, -0.2) is 0 Å². The largest absolute Gasteiger partial charge is 0.312 e. The Balaban J connectivity index is 2.61. The molecule has 0 amide bonds. The molecule has 16 heavy (non-hydrogen) atoms. The van der Waals surface area contributed by atoms with Crippen LogP contribution in [-0.2, 0) is 12.0 Å². The van der Waals surface area contributed by atoms with Crippen LogP contribution in [0.2, 0.25) is 0 Å². The van der Waals surface area contributed by atoms with Crippen molar-refractivity contribution >= 4 is 0 Å². The second kappa shape index (κ2) is 5.49. The monoisotopic (exact) mass is 219 g/mol. The maximum Gasteiger partial charge on any atom is 0.0205 e. The summed E-state index contributed by atoms with van der Waals surface area (Å²) in [7, 11) is 0. The Morgan fingerprint density at radius 2 is 1.88 bits per heavy atom. The standard InChI is InChI=1S/C15H25N/c1-12(2)10-16-11-13-7-6-8-14(9-13)15(3,4)5/h6-9,12,16H,10-11H2,1-5H3. The highest BCUT2D eigenvalue weighted by Gasteiger charge is 2.13. The van der Waals surface area contributed by atoms with Crippen molar-refractivity contribution in [1.82, 2.24) is 5.32 Å². The van der Waals surface area contributed by atoms with Crippen LogP contribution >= 0.6 is 0 Å². The van der Waals surface area contributed by atoms with Crippen LogP contribution in [0.5, 0.6) is 0 Å². The average Bonchev–Trinajstić information content (AvgIpc) is 2.16. The topological polar surface area (TPSA) is 12.0 Å². The van der Waals surface area contributed by atoms with E-state index in [4.69, 9.17) is 0 Å². The number of benzene rings is 1. The summed E-state index contributed by atoms with van der Waals surface area (Å²) in [4.78, 5) is 0. The molecule has 0 aliphatic carbocycles. The van der Waals surface area contributed by atoms with Gasteiger partial charge in [0.05, 0.1) is 0 Å². The lowest BCUT2D eigenvalue weighted by molar-refractivity contribution is 0.550. The summed E-state index contributed by atoms with van der Waals surface area (Å²) in [6.45, 7) is 13.3. The van der Waals surface area contributed by atoms with Crippen LogP contribution in [-0.4, -0.2) is 6.54 Å². The number of nitrogens with one attached hydrogen (secondary N) is 1. The fraction of sp³-hybridized carbons (Fsp3) is 0.600. The van der Waals surface area contributed by atoms with Crippen molar-refractivity contribution in [3.05, 3.63) is 35.4 Å². The normalized spacial score (nSPS) is 12.1. The quantitative estimate of drug-likeness (QED) is 0.813. The Hall–Kier alpha value is -0.820. The summed E-state index contributed by atoms with van der Waals surface area (Å²) < 4.78 is 0. The van der Waals surface area contributed by atoms with E-state index in [0.717, 1.165) is 13.1 Å². The Bertz CT molecular complexity index is 320. The molecule has 0 atom stereocenters. The van der Waals surface area contributed by atoms with Gasteiger partial charge < -0.3 is 5.32 Å². The zero-order chi connectivity index (χ0) is 12.2. The molecule has 1 aromatic rings. The predicted molar refractivity (Wildman–Crippen MR) is 71.7 cm³/mol. The predicted octanol–water partition coefficient (Wildman–Crippen LogP) is 3.73. The molecule has 1 heteroatoms. The first-order valence-electron chi connectivity index (χ1n) is 6.19. The Morgan fingerprint density at radius 1 is 1.19 bits per heavy atom. The fourth-order valence-corrected chi connectivity index (χ4v) is 1.65. The Kier molecular flexibility index (Phi) is 4.55. The molecular formula is C15H25N. The lowest BCUT2D eigenvalue weighted by Crippen LogP contribution is -2.19. The van der Waals surface area contributed by atoms with E-state index in [9.17, 15) is 0 Å². The zero-order valence-corrected chi connectivity index (χ0v) is 11.3. The van der Waals surface area contributed by atoms with Crippen molar-refractivity contribution in [3.8, 4) is 0 Å². The molecule has 1 N–H and O–H groups in total. The third-order valence-corrected chi connectivity index (χ3v) is 2.67. The second-order valence-electron chi connectivity index (χ2n) is 5.98. The van der Waals surface area contributed by atoms with Gasteiger partial charge in [-0.15, -0.1) is 0 Å². The zero-order valence-electron chi connectivity index (χ0n) is 11.3. The van der Waals surface area contributed by atoms with Gasteiger partial charge in [0, 0.05) is 6.54 Å². The highest BCUT2D eigenvalue weighted by atomic mass is 14.8. The minimum atomic E-state index is 0.244. The summed E-state index contributed by atoms with van der Waals surface area (Å²) >= 11 is 0. The van der Waals surface area contributed by atoms with Crippen LogP contribution in [0, 0.1) is 5.92 Å². The molecule has 0 bridgehead atoms. The molecule has 0 aliphatic rings. The molecule has 0 aliphatic heterocycles. The van der Waals surface area contributed by atoms with Crippen molar-refractivity contribution in [2.24, 2.45) is 5.92 Å². The number of rotatable bonds is 4. The molecule has 1 nitrogen and oxygen atoms in total.